The number of ether oxygens (including phenoxy) is 2. The number of carbonyl (C=O) groups excluding carboxylic acids is 2. The first-order valence-electron chi connectivity index (χ1n) is 8.83. The summed E-state index contributed by atoms with van der Waals surface area (Å²) >= 11 is 0. The number of rotatable bonds is 7. The van der Waals surface area contributed by atoms with E-state index in [4.69, 9.17) is 4.74 Å². The molecular weight excluding hydrogens is 320 g/mol. The average Bonchev–Trinajstić information content (AvgIpc) is 2.60. The first-order chi connectivity index (χ1) is 12.0. The number of carbonyl (C=O) groups is 2. The van der Waals surface area contributed by atoms with Crippen molar-refractivity contribution in [1.82, 2.24) is 5.32 Å². The van der Waals surface area contributed by atoms with Gasteiger partial charge in [0.05, 0.1) is 13.7 Å². The van der Waals surface area contributed by atoms with Crippen LogP contribution in [0.25, 0.3) is 0 Å². The highest BCUT2D eigenvalue weighted by atomic mass is 16.6. The summed E-state index contributed by atoms with van der Waals surface area (Å²) in [6.45, 7) is 4.25. The molecule has 0 radical (unpaired) electrons. The fraction of sp³-hybridized carbons (Fsp3) is 0.579. The van der Waals surface area contributed by atoms with E-state index in [1.807, 2.05) is 19.1 Å². The van der Waals surface area contributed by atoms with Gasteiger partial charge >= 0.3 is 5.97 Å². The van der Waals surface area contributed by atoms with Crippen LogP contribution in [0.3, 0.4) is 0 Å². The molecule has 2 atom stereocenters. The molecule has 1 saturated carbocycles. The molecule has 0 aliphatic heterocycles. The summed E-state index contributed by atoms with van der Waals surface area (Å²) < 4.78 is 9.89. The molecule has 2 rings (SSSR count). The Hall–Kier alpha value is -2.24. The Balaban J connectivity index is 1.81. The Morgan fingerprint density at radius 3 is 2.68 bits per heavy atom. The summed E-state index contributed by atoms with van der Waals surface area (Å²) in [6.07, 6.45) is 4.70. The molecule has 0 aromatic heterocycles. The summed E-state index contributed by atoms with van der Waals surface area (Å²) in [6, 6.07) is 5.72. The highest BCUT2D eigenvalue weighted by molar-refractivity contribution is 5.81. The lowest BCUT2D eigenvalue weighted by atomic mass is 9.86. The third-order valence-electron chi connectivity index (χ3n) is 4.68. The SMILES string of the molecule is COC(=O)COc1ccc(NCC(=O)NC2CCCCC2C)c(C)c1. The minimum atomic E-state index is -0.423. The monoisotopic (exact) mass is 348 g/mol. The van der Waals surface area contributed by atoms with Crippen molar-refractivity contribution < 1.29 is 19.1 Å². The number of anilines is 1. The molecule has 1 fully saturated rings. The summed E-state index contributed by atoms with van der Waals surface area (Å²) in [5.74, 6) is 0.734. The number of methoxy groups -OCH3 is 1. The van der Waals surface area contributed by atoms with Crippen LogP contribution in [0.4, 0.5) is 5.69 Å². The topological polar surface area (TPSA) is 76.7 Å². The third kappa shape index (κ3) is 5.96. The zero-order valence-corrected chi connectivity index (χ0v) is 15.3. The Bertz CT molecular complexity index is 603. The molecule has 0 spiro atoms. The van der Waals surface area contributed by atoms with Crippen LogP contribution in [0, 0.1) is 12.8 Å². The van der Waals surface area contributed by atoms with E-state index in [1.165, 1.54) is 26.4 Å². The molecule has 2 unspecified atom stereocenters. The Labute approximate surface area is 149 Å². The van der Waals surface area contributed by atoms with Gasteiger partial charge in [-0.1, -0.05) is 19.8 Å². The van der Waals surface area contributed by atoms with E-state index in [-0.39, 0.29) is 19.1 Å². The van der Waals surface area contributed by atoms with Crippen molar-refractivity contribution in [2.75, 3.05) is 25.6 Å². The number of hydrogen-bond donors (Lipinski definition) is 2. The Kier molecular flexibility index (Phi) is 7.10. The lowest BCUT2D eigenvalue weighted by molar-refractivity contribution is -0.142. The van der Waals surface area contributed by atoms with Crippen molar-refractivity contribution in [3.05, 3.63) is 23.8 Å². The molecular formula is C19H28N2O4. The molecule has 0 heterocycles. The van der Waals surface area contributed by atoms with E-state index >= 15 is 0 Å². The van der Waals surface area contributed by atoms with Gasteiger partial charge in [-0.25, -0.2) is 4.79 Å². The smallest absolute Gasteiger partial charge is 0.343 e. The summed E-state index contributed by atoms with van der Waals surface area (Å²) in [5.41, 5.74) is 1.82. The molecule has 6 heteroatoms. The largest absolute Gasteiger partial charge is 0.482 e. The van der Waals surface area contributed by atoms with Crippen molar-refractivity contribution in [3.8, 4) is 5.75 Å². The van der Waals surface area contributed by atoms with Gasteiger partial charge in [0.25, 0.3) is 0 Å². The van der Waals surface area contributed by atoms with E-state index in [9.17, 15) is 9.59 Å². The van der Waals surface area contributed by atoms with Crippen molar-refractivity contribution >= 4 is 17.6 Å². The van der Waals surface area contributed by atoms with Crippen LogP contribution in [-0.4, -0.2) is 38.2 Å². The number of hydrogen-bond acceptors (Lipinski definition) is 5. The predicted octanol–water partition coefficient (Wildman–Crippen LogP) is 2.65. The zero-order valence-electron chi connectivity index (χ0n) is 15.3. The van der Waals surface area contributed by atoms with Crippen LogP contribution in [0.2, 0.25) is 0 Å². The Morgan fingerprint density at radius 2 is 2.00 bits per heavy atom. The van der Waals surface area contributed by atoms with E-state index in [1.54, 1.807) is 6.07 Å². The minimum absolute atomic E-state index is 0.0177. The van der Waals surface area contributed by atoms with Gasteiger partial charge in [0.1, 0.15) is 5.75 Å². The lowest BCUT2D eigenvalue weighted by Crippen LogP contribution is -2.43. The number of benzene rings is 1. The van der Waals surface area contributed by atoms with Gasteiger partial charge in [-0.15, -0.1) is 0 Å². The highest BCUT2D eigenvalue weighted by Crippen LogP contribution is 2.24. The van der Waals surface area contributed by atoms with Gasteiger partial charge < -0.3 is 20.1 Å². The predicted molar refractivity (Wildman–Crippen MR) is 96.7 cm³/mol. The van der Waals surface area contributed by atoms with E-state index in [0.717, 1.165) is 17.7 Å². The average molecular weight is 348 g/mol. The second kappa shape index (κ2) is 9.30. The van der Waals surface area contributed by atoms with Crippen molar-refractivity contribution in [2.45, 2.75) is 45.6 Å². The van der Waals surface area contributed by atoms with Gasteiger partial charge in [0.2, 0.25) is 5.91 Å². The van der Waals surface area contributed by atoms with E-state index in [0.29, 0.717) is 17.7 Å². The lowest BCUT2D eigenvalue weighted by Gasteiger charge is -2.29. The summed E-state index contributed by atoms with van der Waals surface area (Å²) in [7, 11) is 1.32. The molecule has 0 saturated heterocycles. The highest BCUT2D eigenvalue weighted by Gasteiger charge is 2.22. The summed E-state index contributed by atoms with van der Waals surface area (Å²) in [4.78, 5) is 23.3. The zero-order chi connectivity index (χ0) is 18.2. The minimum Gasteiger partial charge on any atom is -0.482 e. The maximum Gasteiger partial charge on any atom is 0.343 e. The number of nitrogens with one attached hydrogen (secondary N) is 2. The second-order valence-corrected chi connectivity index (χ2v) is 6.63. The maximum atomic E-state index is 12.2. The molecule has 1 aliphatic rings. The van der Waals surface area contributed by atoms with Gasteiger partial charge in [-0.05, 0) is 49.4 Å². The molecule has 1 aromatic carbocycles. The normalized spacial score (nSPS) is 19.8. The molecule has 1 aromatic rings. The van der Waals surface area contributed by atoms with Crippen molar-refractivity contribution in [3.63, 3.8) is 0 Å². The number of esters is 1. The maximum absolute atomic E-state index is 12.2. The van der Waals surface area contributed by atoms with Crippen LogP contribution in [0.15, 0.2) is 18.2 Å². The van der Waals surface area contributed by atoms with Crippen LogP contribution in [0.5, 0.6) is 5.75 Å². The van der Waals surface area contributed by atoms with Gasteiger partial charge in [0.15, 0.2) is 6.61 Å². The molecule has 0 bridgehead atoms. The third-order valence-corrected chi connectivity index (χ3v) is 4.68. The standard InChI is InChI=1S/C19H28N2O4/c1-13-6-4-5-7-17(13)21-18(22)11-20-16-9-8-15(10-14(16)2)25-12-19(23)24-3/h8-10,13,17,20H,4-7,11-12H2,1-3H3,(H,21,22). The van der Waals surface area contributed by atoms with Crippen LogP contribution in [-0.2, 0) is 14.3 Å². The van der Waals surface area contributed by atoms with E-state index in [2.05, 4.69) is 22.3 Å². The van der Waals surface area contributed by atoms with Crippen LogP contribution in [0.1, 0.15) is 38.2 Å². The molecule has 138 valence electrons. The van der Waals surface area contributed by atoms with Gasteiger partial charge in [-0.2, -0.15) is 0 Å². The first kappa shape index (κ1) is 19.1. The molecule has 6 nitrogen and oxygen atoms in total. The number of aryl methyl sites for hydroxylation is 1. The fourth-order valence-electron chi connectivity index (χ4n) is 3.09. The number of amides is 1. The molecule has 2 N–H and O–H groups in total. The van der Waals surface area contributed by atoms with E-state index < -0.39 is 5.97 Å². The summed E-state index contributed by atoms with van der Waals surface area (Å²) in [5, 5.41) is 6.29. The van der Waals surface area contributed by atoms with Crippen molar-refractivity contribution in [1.29, 1.82) is 0 Å². The van der Waals surface area contributed by atoms with Crippen molar-refractivity contribution in [2.24, 2.45) is 5.92 Å². The first-order valence-corrected chi connectivity index (χ1v) is 8.83. The molecule has 25 heavy (non-hydrogen) atoms. The fourth-order valence-corrected chi connectivity index (χ4v) is 3.09. The quantitative estimate of drug-likeness (QED) is 0.741. The van der Waals surface area contributed by atoms with Gasteiger partial charge in [0, 0.05) is 11.7 Å². The molecule has 1 amide bonds. The van der Waals surface area contributed by atoms with Crippen LogP contribution >= 0.6 is 0 Å². The second-order valence-electron chi connectivity index (χ2n) is 6.63. The Morgan fingerprint density at radius 1 is 1.24 bits per heavy atom. The van der Waals surface area contributed by atoms with Crippen LogP contribution < -0.4 is 15.4 Å². The van der Waals surface area contributed by atoms with Gasteiger partial charge in [-0.3, -0.25) is 4.79 Å². The molecule has 1 aliphatic carbocycles.